The number of rotatable bonds is 2. The van der Waals surface area contributed by atoms with Crippen LogP contribution in [0.15, 0.2) is 42.2 Å². The smallest absolute Gasteiger partial charge is 0.116 e. The van der Waals surface area contributed by atoms with Crippen LogP contribution in [0.25, 0.3) is 5.57 Å². The third-order valence-electron chi connectivity index (χ3n) is 3.57. The fourth-order valence-electron chi connectivity index (χ4n) is 2.83. The highest BCUT2D eigenvalue weighted by Gasteiger charge is 2.37. The van der Waals surface area contributed by atoms with E-state index < -0.39 is 0 Å². The van der Waals surface area contributed by atoms with Crippen molar-refractivity contribution in [3.8, 4) is 0 Å². The first-order chi connectivity index (χ1) is 7.50. The lowest BCUT2D eigenvalue weighted by atomic mass is 9.80. The number of aliphatic hydroxyl groups excluding tert-OH is 1. The van der Waals surface area contributed by atoms with Gasteiger partial charge in [0, 0.05) is 11.0 Å². The maximum Gasteiger partial charge on any atom is 0.116 e. The van der Waals surface area contributed by atoms with E-state index in [1.807, 2.05) is 6.07 Å². The minimum atomic E-state index is 0.00630. The summed E-state index contributed by atoms with van der Waals surface area (Å²) in [5.41, 5.74) is 4.66. The number of fused-ring (bicyclic) bond motifs is 1. The van der Waals surface area contributed by atoms with Crippen molar-refractivity contribution in [3.63, 3.8) is 0 Å². The molecule has 0 radical (unpaired) electrons. The van der Waals surface area contributed by atoms with Crippen molar-refractivity contribution in [3.05, 3.63) is 53.3 Å². The van der Waals surface area contributed by atoms with E-state index in [0.29, 0.717) is 0 Å². The Hall–Kier alpha value is -1.50. The SMILES string of the molecule is C=C(O)C1=C(CC)C(C)(C)c2ccccc21. The molecule has 2 rings (SSSR count). The lowest BCUT2D eigenvalue weighted by molar-refractivity contribution is 0.439. The molecule has 1 N–H and O–H groups in total. The summed E-state index contributed by atoms with van der Waals surface area (Å²) in [5, 5.41) is 9.78. The van der Waals surface area contributed by atoms with E-state index in [1.165, 1.54) is 11.1 Å². The van der Waals surface area contributed by atoms with Gasteiger partial charge in [-0.1, -0.05) is 51.6 Å². The van der Waals surface area contributed by atoms with Gasteiger partial charge in [0.2, 0.25) is 0 Å². The summed E-state index contributed by atoms with van der Waals surface area (Å²) in [6.07, 6.45) is 0.941. The Kier molecular flexibility index (Phi) is 2.42. The van der Waals surface area contributed by atoms with Crippen LogP contribution in [0.4, 0.5) is 0 Å². The summed E-state index contributed by atoms with van der Waals surface area (Å²) in [4.78, 5) is 0. The van der Waals surface area contributed by atoms with Gasteiger partial charge in [0.1, 0.15) is 5.76 Å². The molecule has 0 atom stereocenters. The number of benzene rings is 1. The van der Waals surface area contributed by atoms with Crippen LogP contribution in [-0.4, -0.2) is 5.11 Å². The third-order valence-corrected chi connectivity index (χ3v) is 3.57. The summed E-state index contributed by atoms with van der Waals surface area (Å²) in [6, 6.07) is 8.27. The van der Waals surface area contributed by atoms with Crippen molar-refractivity contribution < 1.29 is 5.11 Å². The van der Waals surface area contributed by atoms with Gasteiger partial charge in [-0.15, -0.1) is 0 Å². The third kappa shape index (κ3) is 1.31. The lowest BCUT2D eigenvalue weighted by Crippen LogP contribution is -2.16. The van der Waals surface area contributed by atoms with Crippen molar-refractivity contribution in [2.24, 2.45) is 0 Å². The molecule has 1 aliphatic rings. The van der Waals surface area contributed by atoms with Crippen LogP contribution in [0.1, 0.15) is 38.3 Å². The van der Waals surface area contributed by atoms with Gasteiger partial charge in [-0.05, 0) is 23.1 Å². The van der Waals surface area contributed by atoms with Crippen molar-refractivity contribution in [1.29, 1.82) is 0 Å². The second-order valence-electron chi connectivity index (χ2n) is 4.82. The first-order valence-electron chi connectivity index (χ1n) is 5.72. The summed E-state index contributed by atoms with van der Waals surface area (Å²) in [6.45, 7) is 10.2. The molecule has 84 valence electrons. The highest BCUT2D eigenvalue weighted by molar-refractivity contribution is 5.87. The number of aliphatic hydroxyl groups is 1. The average Bonchev–Trinajstić information content (AvgIpc) is 2.47. The van der Waals surface area contributed by atoms with Gasteiger partial charge in [0.05, 0.1) is 0 Å². The standard InChI is InChI=1S/C15H18O/c1-5-12-14(10(2)16)11-8-6-7-9-13(11)15(12,3)4/h6-9,16H,2,5H2,1,3-4H3. The van der Waals surface area contributed by atoms with Crippen LogP contribution in [0.5, 0.6) is 0 Å². The molecule has 1 aromatic rings. The second kappa shape index (κ2) is 3.51. The van der Waals surface area contributed by atoms with Crippen LogP contribution in [0.2, 0.25) is 0 Å². The molecule has 0 heterocycles. The fourth-order valence-corrected chi connectivity index (χ4v) is 2.83. The quantitative estimate of drug-likeness (QED) is 0.731. The van der Waals surface area contributed by atoms with E-state index in [9.17, 15) is 5.11 Å². The number of hydrogen-bond acceptors (Lipinski definition) is 1. The molecule has 0 saturated carbocycles. The highest BCUT2D eigenvalue weighted by atomic mass is 16.3. The molecule has 0 fully saturated rings. The second-order valence-corrected chi connectivity index (χ2v) is 4.82. The van der Waals surface area contributed by atoms with Crippen LogP contribution < -0.4 is 0 Å². The molecule has 0 amide bonds. The van der Waals surface area contributed by atoms with Gasteiger partial charge < -0.3 is 5.11 Å². The van der Waals surface area contributed by atoms with E-state index in [4.69, 9.17) is 0 Å². The lowest BCUT2D eigenvalue weighted by Gasteiger charge is -2.23. The predicted octanol–water partition coefficient (Wildman–Crippen LogP) is 4.21. The van der Waals surface area contributed by atoms with Gasteiger partial charge >= 0.3 is 0 Å². The average molecular weight is 214 g/mol. The minimum Gasteiger partial charge on any atom is -0.508 e. The number of allylic oxidation sites excluding steroid dienone is 2. The molecule has 0 spiro atoms. The van der Waals surface area contributed by atoms with Gasteiger partial charge in [-0.2, -0.15) is 0 Å². The van der Waals surface area contributed by atoms with Crippen LogP contribution in [0, 0.1) is 0 Å². The van der Waals surface area contributed by atoms with E-state index in [2.05, 4.69) is 45.5 Å². The van der Waals surface area contributed by atoms with Gasteiger partial charge in [-0.3, -0.25) is 0 Å². The number of hydrogen-bond donors (Lipinski definition) is 1. The van der Waals surface area contributed by atoms with E-state index >= 15 is 0 Å². The Labute approximate surface area is 97.1 Å². The van der Waals surface area contributed by atoms with E-state index in [0.717, 1.165) is 17.6 Å². The molecule has 16 heavy (non-hydrogen) atoms. The maximum absolute atomic E-state index is 9.78. The normalized spacial score (nSPS) is 17.4. The summed E-state index contributed by atoms with van der Waals surface area (Å²) < 4.78 is 0. The largest absolute Gasteiger partial charge is 0.508 e. The van der Waals surface area contributed by atoms with Crippen LogP contribution in [0.3, 0.4) is 0 Å². The molecule has 0 bridgehead atoms. The summed E-state index contributed by atoms with van der Waals surface area (Å²) in [5.74, 6) is 0.190. The molecular weight excluding hydrogens is 196 g/mol. The topological polar surface area (TPSA) is 20.2 Å². The molecular formula is C15H18O. The predicted molar refractivity (Wildman–Crippen MR) is 68.4 cm³/mol. The first kappa shape index (κ1) is 11.0. The summed E-state index contributed by atoms with van der Waals surface area (Å²) >= 11 is 0. The minimum absolute atomic E-state index is 0.00630. The fraction of sp³-hybridized carbons (Fsp3) is 0.333. The van der Waals surface area contributed by atoms with Crippen LogP contribution in [-0.2, 0) is 5.41 Å². The molecule has 0 aromatic heterocycles. The Morgan fingerprint density at radius 3 is 2.50 bits per heavy atom. The van der Waals surface area contributed by atoms with Gasteiger partial charge in [-0.25, -0.2) is 0 Å². The van der Waals surface area contributed by atoms with Crippen molar-refractivity contribution in [1.82, 2.24) is 0 Å². The zero-order valence-electron chi connectivity index (χ0n) is 10.2. The van der Waals surface area contributed by atoms with E-state index in [-0.39, 0.29) is 11.2 Å². The van der Waals surface area contributed by atoms with Crippen molar-refractivity contribution in [2.45, 2.75) is 32.6 Å². The Morgan fingerprint density at radius 1 is 1.31 bits per heavy atom. The monoisotopic (exact) mass is 214 g/mol. The van der Waals surface area contributed by atoms with E-state index in [1.54, 1.807) is 0 Å². The molecule has 1 nitrogen and oxygen atoms in total. The van der Waals surface area contributed by atoms with Gasteiger partial charge in [0.15, 0.2) is 0 Å². The maximum atomic E-state index is 9.78. The molecule has 0 aliphatic heterocycles. The zero-order valence-corrected chi connectivity index (χ0v) is 10.2. The molecule has 1 aliphatic carbocycles. The van der Waals surface area contributed by atoms with Gasteiger partial charge in [0.25, 0.3) is 0 Å². The highest BCUT2D eigenvalue weighted by Crippen LogP contribution is 2.48. The Balaban J connectivity index is 2.76. The Morgan fingerprint density at radius 2 is 1.94 bits per heavy atom. The molecule has 0 saturated heterocycles. The van der Waals surface area contributed by atoms with Crippen molar-refractivity contribution >= 4 is 5.57 Å². The Bertz CT molecular complexity index is 478. The zero-order chi connectivity index (χ0) is 11.9. The van der Waals surface area contributed by atoms with Crippen LogP contribution >= 0.6 is 0 Å². The summed E-state index contributed by atoms with van der Waals surface area (Å²) in [7, 11) is 0. The van der Waals surface area contributed by atoms with Crippen molar-refractivity contribution in [2.75, 3.05) is 0 Å². The molecule has 1 heteroatoms. The molecule has 0 unspecified atom stereocenters. The molecule has 1 aromatic carbocycles. The first-order valence-corrected chi connectivity index (χ1v) is 5.72.